The first-order valence-electron chi connectivity index (χ1n) is 7.82. The minimum absolute atomic E-state index is 0.0268. The second-order valence-electron chi connectivity index (χ2n) is 5.64. The van der Waals surface area contributed by atoms with Crippen molar-refractivity contribution in [1.29, 1.82) is 0 Å². The molecule has 3 N–H and O–H groups in total. The molecule has 27 heavy (non-hydrogen) atoms. The lowest BCUT2D eigenvalue weighted by molar-refractivity contribution is -0.116. The third-order valence-corrected chi connectivity index (χ3v) is 4.78. The summed E-state index contributed by atoms with van der Waals surface area (Å²) < 4.78 is 27.6. The van der Waals surface area contributed by atoms with E-state index in [1.807, 2.05) is 0 Å². The predicted octanol–water partition coefficient (Wildman–Crippen LogP) is 2.61. The van der Waals surface area contributed by atoms with Gasteiger partial charge in [0.05, 0.1) is 4.90 Å². The van der Waals surface area contributed by atoms with E-state index in [4.69, 9.17) is 21.3 Å². The van der Waals surface area contributed by atoms with Crippen molar-refractivity contribution in [2.45, 2.75) is 17.7 Å². The smallest absolute Gasteiger partial charge is 0.238 e. The highest BCUT2D eigenvalue weighted by Gasteiger charge is 2.12. The van der Waals surface area contributed by atoms with Crippen LogP contribution in [0.25, 0.3) is 11.4 Å². The number of hydrogen-bond donors (Lipinski definition) is 2. The Morgan fingerprint density at radius 2 is 1.78 bits per heavy atom. The van der Waals surface area contributed by atoms with Gasteiger partial charge in [0, 0.05) is 29.1 Å². The van der Waals surface area contributed by atoms with Gasteiger partial charge in [0.1, 0.15) is 0 Å². The van der Waals surface area contributed by atoms with E-state index >= 15 is 0 Å². The Bertz CT molecular complexity index is 1050. The molecule has 0 radical (unpaired) electrons. The maximum atomic E-state index is 12.0. The van der Waals surface area contributed by atoms with Crippen molar-refractivity contribution in [2.24, 2.45) is 5.14 Å². The minimum atomic E-state index is -3.76. The Morgan fingerprint density at radius 3 is 2.41 bits per heavy atom. The number of rotatable bonds is 6. The van der Waals surface area contributed by atoms with Crippen molar-refractivity contribution in [3.05, 3.63) is 59.4 Å². The number of aromatic nitrogens is 2. The molecule has 0 saturated carbocycles. The number of amides is 1. The topological polar surface area (TPSA) is 128 Å². The number of sulfonamides is 1. The summed E-state index contributed by atoms with van der Waals surface area (Å²) in [5, 5.41) is 12.2. The van der Waals surface area contributed by atoms with Gasteiger partial charge in [0.2, 0.25) is 27.6 Å². The van der Waals surface area contributed by atoms with Crippen molar-refractivity contribution >= 4 is 33.2 Å². The van der Waals surface area contributed by atoms with E-state index in [2.05, 4.69) is 15.5 Å². The third-order valence-electron chi connectivity index (χ3n) is 3.60. The number of halogens is 1. The molecule has 0 aliphatic carbocycles. The molecule has 0 fully saturated rings. The molecule has 10 heteroatoms. The molecule has 1 heterocycles. The standard InChI is InChI=1S/C17H15ClN4O4S/c18-12-3-1-11(2-4-12)17-21-16(26-22-17)10-9-15(23)20-13-5-7-14(8-6-13)27(19,24)25/h1-8H,9-10H2,(H,20,23)(H2,19,24,25). The first-order chi connectivity index (χ1) is 12.8. The van der Waals surface area contributed by atoms with Gasteiger partial charge in [-0.3, -0.25) is 4.79 Å². The summed E-state index contributed by atoms with van der Waals surface area (Å²) >= 11 is 5.84. The lowest BCUT2D eigenvalue weighted by atomic mass is 10.2. The molecule has 8 nitrogen and oxygen atoms in total. The van der Waals surface area contributed by atoms with Crippen LogP contribution >= 0.6 is 11.6 Å². The zero-order chi connectivity index (χ0) is 19.4. The molecule has 0 atom stereocenters. The Kier molecular flexibility index (Phi) is 5.54. The largest absolute Gasteiger partial charge is 0.339 e. The van der Waals surface area contributed by atoms with E-state index in [-0.39, 0.29) is 23.6 Å². The van der Waals surface area contributed by atoms with Crippen molar-refractivity contribution < 1.29 is 17.7 Å². The van der Waals surface area contributed by atoms with Gasteiger partial charge < -0.3 is 9.84 Å². The quantitative estimate of drug-likeness (QED) is 0.647. The summed E-state index contributed by atoms with van der Waals surface area (Å²) in [5.41, 5.74) is 1.22. The van der Waals surface area contributed by atoms with Crippen LogP contribution in [0.3, 0.4) is 0 Å². The highest BCUT2D eigenvalue weighted by molar-refractivity contribution is 7.89. The number of nitrogens with two attached hydrogens (primary N) is 1. The summed E-state index contributed by atoms with van der Waals surface area (Å²) in [7, 11) is -3.76. The van der Waals surface area contributed by atoms with Crippen LogP contribution in [-0.4, -0.2) is 24.5 Å². The number of carbonyl (C=O) groups is 1. The van der Waals surface area contributed by atoms with E-state index in [0.717, 1.165) is 5.56 Å². The predicted molar refractivity (Wildman–Crippen MR) is 99.5 cm³/mol. The molecule has 2 aromatic carbocycles. The van der Waals surface area contributed by atoms with Crippen LogP contribution in [-0.2, 0) is 21.2 Å². The fraction of sp³-hybridized carbons (Fsp3) is 0.118. The van der Waals surface area contributed by atoms with E-state index in [1.54, 1.807) is 24.3 Å². The maximum Gasteiger partial charge on any atom is 0.238 e. The Morgan fingerprint density at radius 1 is 1.11 bits per heavy atom. The van der Waals surface area contributed by atoms with Gasteiger partial charge in [-0.1, -0.05) is 16.8 Å². The molecule has 0 bridgehead atoms. The first-order valence-corrected chi connectivity index (χ1v) is 9.75. The van der Waals surface area contributed by atoms with Crippen molar-refractivity contribution in [2.75, 3.05) is 5.32 Å². The van der Waals surface area contributed by atoms with Crippen LogP contribution in [0.1, 0.15) is 12.3 Å². The lowest BCUT2D eigenvalue weighted by Crippen LogP contribution is -2.14. The normalized spacial score (nSPS) is 11.3. The van der Waals surface area contributed by atoms with E-state index in [1.165, 1.54) is 24.3 Å². The fourth-order valence-corrected chi connectivity index (χ4v) is 2.89. The van der Waals surface area contributed by atoms with Crippen LogP contribution in [0.15, 0.2) is 57.9 Å². The number of nitrogens with one attached hydrogen (secondary N) is 1. The Hall–Kier alpha value is -2.75. The average molecular weight is 407 g/mol. The van der Waals surface area contributed by atoms with Crippen LogP contribution in [0.5, 0.6) is 0 Å². The molecular weight excluding hydrogens is 392 g/mol. The van der Waals surface area contributed by atoms with Crippen molar-refractivity contribution in [3.63, 3.8) is 0 Å². The molecule has 0 spiro atoms. The van der Waals surface area contributed by atoms with Gasteiger partial charge >= 0.3 is 0 Å². The summed E-state index contributed by atoms with van der Waals surface area (Å²) in [6, 6.07) is 12.6. The highest BCUT2D eigenvalue weighted by Crippen LogP contribution is 2.19. The van der Waals surface area contributed by atoms with Gasteiger partial charge in [-0.2, -0.15) is 4.98 Å². The number of nitrogens with zero attached hydrogens (tertiary/aromatic N) is 2. The first kappa shape index (κ1) is 19.0. The monoisotopic (exact) mass is 406 g/mol. The maximum absolute atomic E-state index is 12.0. The number of benzene rings is 2. The van der Waals surface area contributed by atoms with Gasteiger partial charge in [-0.25, -0.2) is 13.6 Å². The Balaban J connectivity index is 1.56. The molecule has 1 amide bonds. The summed E-state index contributed by atoms with van der Waals surface area (Å²) in [6.45, 7) is 0. The van der Waals surface area contributed by atoms with Crippen LogP contribution in [0, 0.1) is 0 Å². The highest BCUT2D eigenvalue weighted by atomic mass is 35.5. The summed E-state index contributed by atoms with van der Waals surface area (Å²) in [4.78, 5) is 16.2. The zero-order valence-electron chi connectivity index (χ0n) is 13.9. The van der Waals surface area contributed by atoms with E-state index in [0.29, 0.717) is 22.4 Å². The molecular formula is C17H15ClN4O4S. The minimum Gasteiger partial charge on any atom is -0.339 e. The fourth-order valence-electron chi connectivity index (χ4n) is 2.24. The van der Waals surface area contributed by atoms with E-state index < -0.39 is 10.0 Å². The number of primary sulfonamides is 1. The SMILES string of the molecule is NS(=O)(=O)c1ccc(NC(=O)CCc2nc(-c3ccc(Cl)cc3)no2)cc1. The third kappa shape index (κ3) is 5.13. The summed E-state index contributed by atoms with van der Waals surface area (Å²) in [6.07, 6.45) is 0.390. The van der Waals surface area contributed by atoms with Crippen molar-refractivity contribution in [1.82, 2.24) is 10.1 Å². The number of anilines is 1. The van der Waals surface area contributed by atoms with Gasteiger partial charge in [-0.05, 0) is 48.5 Å². The second kappa shape index (κ2) is 7.87. The molecule has 3 rings (SSSR count). The van der Waals surface area contributed by atoms with Crippen molar-refractivity contribution in [3.8, 4) is 11.4 Å². The molecule has 0 unspecified atom stereocenters. The number of carbonyl (C=O) groups excluding carboxylic acids is 1. The zero-order valence-corrected chi connectivity index (χ0v) is 15.5. The van der Waals surface area contributed by atoms with Crippen LogP contribution in [0.2, 0.25) is 5.02 Å². The van der Waals surface area contributed by atoms with Gasteiger partial charge in [0.25, 0.3) is 0 Å². The number of hydrogen-bond acceptors (Lipinski definition) is 6. The van der Waals surface area contributed by atoms with Crippen LogP contribution in [0.4, 0.5) is 5.69 Å². The molecule has 140 valence electrons. The number of aryl methyl sites for hydroxylation is 1. The molecule has 1 aromatic heterocycles. The van der Waals surface area contributed by atoms with Gasteiger partial charge in [-0.15, -0.1) is 0 Å². The summed E-state index contributed by atoms with van der Waals surface area (Å²) in [5.74, 6) is 0.477. The molecule has 0 aliphatic rings. The molecule has 0 aliphatic heterocycles. The molecule has 0 saturated heterocycles. The average Bonchev–Trinajstić information content (AvgIpc) is 3.09. The van der Waals surface area contributed by atoms with Gasteiger partial charge in [0.15, 0.2) is 0 Å². The second-order valence-corrected chi connectivity index (χ2v) is 7.63. The lowest BCUT2D eigenvalue weighted by Gasteiger charge is -2.05. The Labute approximate surface area is 160 Å². The molecule has 3 aromatic rings. The van der Waals surface area contributed by atoms with Crippen LogP contribution < -0.4 is 10.5 Å². The van der Waals surface area contributed by atoms with E-state index in [9.17, 15) is 13.2 Å².